The Morgan fingerprint density at radius 1 is 0.433 bits per heavy atom. The van der Waals surface area contributed by atoms with E-state index in [1.807, 2.05) is 0 Å². The van der Waals surface area contributed by atoms with Crippen LogP contribution in [0.4, 0.5) is 0 Å². The molecule has 0 fully saturated rings. The van der Waals surface area contributed by atoms with Crippen LogP contribution in [-0.4, -0.2) is 13.1 Å². The maximum Gasteiger partial charge on any atom is 0.0205 e. The molecule has 0 amide bonds. The molecule has 30 heavy (non-hydrogen) atoms. The van der Waals surface area contributed by atoms with Gasteiger partial charge in [0.15, 0.2) is 0 Å². The van der Waals surface area contributed by atoms with Crippen molar-refractivity contribution in [2.75, 3.05) is 13.1 Å². The van der Waals surface area contributed by atoms with E-state index in [-0.39, 0.29) is 0 Å². The normalized spacial score (nSPS) is 10.9. The van der Waals surface area contributed by atoms with E-state index < -0.39 is 0 Å². The Morgan fingerprint density at radius 2 is 0.867 bits per heavy atom. The molecule has 0 aliphatic rings. The van der Waals surface area contributed by atoms with Crippen LogP contribution in [0.3, 0.4) is 0 Å². The van der Waals surface area contributed by atoms with E-state index in [1.54, 1.807) is 0 Å². The third-order valence-electron chi connectivity index (χ3n) is 5.47. The minimum Gasteiger partial charge on any atom is -0.313 e. The van der Waals surface area contributed by atoms with E-state index in [0.29, 0.717) is 0 Å². The van der Waals surface area contributed by atoms with Crippen LogP contribution in [0.25, 0.3) is 0 Å². The van der Waals surface area contributed by atoms with Crippen molar-refractivity contribution in [1.82, 2.24) is 10.6 Å². The summed E-state index contributed by atoms with van der Waals surface area (Å²) < 4.78 is 0. The van der Waals surface area contributed by atoms with Gasteiger partial charge in [-0.1, -0.05) is 84.9 Å². The molecule has 0 aliphatic carbocycles. The van der Waals surface area contributed by atoms with Crippen molar-refractivity contribution in [1.29, 1.82) is 0 Å². The summed E-state index contributed by atoms with van der Waals surface area (Å²) in [7, 11) is 0. The highest BCUT2D eigenvalue weighted by molar-refractivity contribution is 5.23. The highest BCUT2D eigenvalue weighted by Gasteiger charge is 1.98. The summed E-state index contributed by atoms with van der Waals surface area (Å²) in [5.41, 5.74) is 5.64. The maximum absolute atomic E-state index is 3.59. The van der Waals surface area contributed by atoms with E-state index in [2.05, 4.69) is 95.6 Å². The first kappa shape index (κ1) is 22.3. The Labute approximate surface area is 182 Å². The maximum atomic E-state index is 3.59. The van der Waals surface area contributed by atoms with Crippen molar-refractivity contribution < 1.29 is 0 Å². The number of nitrogens with one attached hydrogen (secondary N) is 2. The van der Waals surface area contributed by atoms with Crippen LogP contribution in [0.2, 0.25) is 0 Å². The average molecular weight is 401 g/mol. The third-order valence-corrected chi connectivity index (χ3v) is 5.47. The SMILES string of the molecule is c1ccc(CCCCNCc2cccc(CNCCCCc3ccccc3)c2)cc1. The number of rotatable bonds is 14. The first-order chi connectivity index (χ1) is 14.9. The fraction of sp³-hybridized carbons (Fsp3) is 0.357. The van der Waals surface area contributed by atoms with Crippen LogP contribution < -0.4 is 10.6 Å². The zero-order valence-corrected chi connectivity index (χ0v) is 18.2. The van der Waals surface area contributed by atoms with E-state index in [0.717, 1.165) is 26.2 Å². The number of unbranched alkanes of at least 4 members (excludes halogenated alkanes) is 2. The molecule has 0 unspecified atom stereocenters. The molecule has 0 atom stereocenters. The number of hydrogen-bond donors (Lipinski definition) is 2. The van der Waals surface area contributed by atoms with E-state index in [9.17, 15) is 0 Å². The lowest BCUT2D eigenvalue weighted by molar-refractivity contribution is 0.616. The van der Waals surface area contributed by atoms with Crippen LogP contribution in [0.1, 0.15) is 47.9 Å². The second-order valence-electron chi connectivity index (χ2n) is 8.06. The predicted octanol–water partition coefficient (Wildman–Crippen LogP) is 5.91. The van der Waals surface area contributed by atoms with Gasteiger partial charge in [0.05, 0.1) is 0 Å². The summed E-state index contributed by atoms with van der Waals surface area (Å²) in [5, 5.41) is 7.19. The van der Waals surface area contributed by atoms with Gasteiger partial charge >= 0.3 is 0 Å². The molecule has 158 valence electrons. The van der Waals surface area contributed by atoms with Crippen molar-refractivity contribution in [3.8, 4) is 0 Å². The number of benzene rings is 3. The summed E-state index contributed by atoms with van der Waals surface area (Å²) in [6.45, 7) is 4.07. The lowest BCUT2D eigenvalue weighted by Gasteiger charge is -2.09. The van der Waals surface area contributed by atoms with Gasteiger partial charge in [-0.3, -0.25) is 0 Å². The molecule has 0 spiro atoms. The van der Waals surface area contributed by atoms with Gasteiger partial charge in [0, 0.05) is 13.1 Å². The predicted molar refractivity (Wildman–Crippen MR) is 129 cm³/mol. The summed E-state index contributed by atoms with van der Waals surface area (Å²) in [6.07, 6.45) is 7.28. The Bertz CT molecular complexity index is 748. The summed E-state index contributed by atoms with van der Waals surface area (Å²) in [6, 6.07) is 30.5. The number of hydrogen-bond acceptors (Lipinski definition) is 2. The lowest BCUT2D eigenvalue weighted by atomic mass is 10.1. The molecule has 0 saturated heterocycles. The van der Waals surface area contributed by atoms with E-state index >= 15 is 0 Å². The van der Waals surface area contributed by atoms with Gasteiger partial charge in [-0.05, 0) is 73.9 Å². The molecule has 3 aromatic carbocycles. The molecule has 2 N–H and O–H groups in total. The van der Waals surface area contributed by atoms with Crippen LogP contribution in [0, 0.1) is 0 Å². The van der Waals surface area contributed by atoms with Gasteiger partial charge in [-0.2, -0.15) is 0 Å². The van der Waals surface area contributed by atoms with Crippen molar-refractivity contribution in [2.45, 2.75) is 51.6 Å². The van der Waals surface area contributed by atoms with Crippen LogP contribution in [-0.2, 0) is 25.9 Å². The molecule has 0 saturated carbocycles. The van der Waals surface area contributed by atoms with Crippen LogP contribution in [0.5, 0.6) is 0 Å². The molecule has 0 radical (unpaired) electrons. The first-order valence-electron chi connectivity index (χ1n) is 11.5. The van der Waals surface area contributed by atoms with Crippen molar-refractivity contribution in [2.24, 2.45) is 0 Å². The van der Waals surface area contributed by atoms with Gasteiger partial charge in [0.1, 0.15) is 0 Å². The Morgan fingerprint density at radius 3 is 1.33 bits per heavy atom. The molecular formula is C28H36N2. The third kappa shape index (κ3) is 8.94. The van der Waals surface area contributed by atoms with Gasteiger partial charge < -0.3 is 10.6 Å². The second kappa shape index (κ2) is 13.7. The molecule has 0 aromatic heterocycles. The minimum absolute atomic E-state index is 0.955. The smallest absolute Gasteiger partial charge is 0.0205 e. The lowest BCUT2D eigenvalue weighted by Crippen LogP contribution is -2.16. The van der Waals surface area contributed by atoms with Crippen molar-refractivity contribution >= 4 is 0 Å². The summed E-state index contributed by atoms with van der Waals surface area (Å²) in [5.74, 6) is 0. The highest BCUT2D eigenvalue weighted by atomic mass is 14.9. The molecule has 2 heteroatoms. The summed E-state index contributed by atoms with van der Waals surface area (Å²) >= 11 is 0. The van der Waals surface area contributed by atoms with Crippen molar-refractivity contribution in [3.05, 3.63) is 107 Å². The van der Waals surface area contributed by atoms with Gasteiger partial charge in [0.2, 0.25) is 0 Å². The molecule has 0 heterocycles. The van der Waals surface area contributed by atoms with E-state index in [1.165, 1.54) is 60.8 Å². The topological polar surface area (TPSA) is 24.1 Å². The highest BCUT2D eigenvalue weighted by Crippen LogP contribution is 2.07. The minimum atomic E-state index is 0.955. The largest absolute Gasteiger partial charge is 0.313 e. The first-order valence-corrected chi connectivity index (χ1v) is 11.5. The van der Waals surface area contributed by atoms with Crippen molar-refractivity contribution in [3.63, 3.8) is 0 Å². The molecule has 0 aliphatic heterocycles. The summed E-state index contributed by atoms with van der Waals surface area (Å²) in [4.78, 5) is 0. The molecular weight excluding hydrogens is 364 g/mol. The van der Waals surface area contributed by atoms with Crippen LogP contribution in [0.15, 0.2) is 84.9 Å². The molecule has 3 rings (SSSR count). The van der Waals surface area contributed by atoms with Gasteiger partial charge in [0.25, 0.3) is 0 Å². The molecule has 2 nitrogen and oxygen atoms in total. The zero-order valence-electron chi connectivity index (χ0n) is 18.2. The fourth-order valence-corrected chi connectivity index (χ4v) is 3.76. The Hall–Kier alpha value is -2.42. The molecule has 0 bridgehead atoms. The van der Waals surface area contributed by atoms with Gasteiger partial charge in [-0.25, -0.2) is 0 Å². The standard InChI is InChI=1S/C28H36N2/c1-3-12-25(13-4-1)16-7-9-20-29-23-27-18-11-19-28(22-27)24-30-21-10-8-17-26-14-5-2-6-15-26/h1-6,11-15,18-19,22,29-30H,7-10,16-17,20-21,23-24H2. The Kier molecular flexibility index (Phi) is 10.2. The number of aryl methyl sites for hydroxylation is 2. The van der Waals surface area contributed by atoms with Gasteiger partial charge in [-0.15, -0.1) is 0 Å². The monoisotopic (exact) mass is 400 g/mol. The second-order valence-corrected chi connectivity index (χ2v) is 8.06. The average Bonchev–Trinajstić information content (AvgIpc) is 2.80. The molecule has 3 aromatic rings. The Balaban J connectivity index is 1.23. The zero-order chi connectivity index (χ0) is 20.7. The van der Waals surface area contributed by atoms with E-state index in [4.69, 9.17) is 0 Å². The van der Waals surface area contributed by atoms with Crippen LogP contribution >= 0.6 is 0 Å². The fourth-order valence-electron chi connectivity index (χ4n) is 3.76. The quantitative estimate of drug-likeness (QED) is 0.329.